The zero-order valence-corrected chi connectivity index (χ0v) is 8.95. The third kappa shape index (κ3) is 0.905. The second-order valence-corrected chi connectivity index (χ2v) is 5.29. The van der Waals surface area contributed by atoms with Gasteiger partial charge in [0.15, 0.2) is 5.17 Å². The maximum atomic E-state index is 5.70. The number of nitrogens with two attached hydrogens (primary N) is 1. The van der Waals surface area contributed by atoms with Crippen molar-refractivity contribution in [3.8, 4) is 0 Å². The van der Waals surface area contributed by atoms with Crippen LogP contribution < -0.4 is 10.6 Å². The van der Waals surface area contributed by atoms with Crippen LogP contribution >= 0.6 is 11.8 Å². The van der Waals surface area contributed by atoms with Crippen molar-refractivity contribution >= 4 is 22.6 Å². The molecule has 4 rings (SSSR count). The number of nitrogens with zero attached hydrogens (tertiary/aromatic N) is 2. The number of benzene rings is 1. The Morgan fingerprint density at radius 1 is 1.40 bits per heavy atom. The lowest BCUT2D eigenvalue weighted by Gasteiger charge is -2.19. The molecular weight excluding hydrogens is 206 g/mol. The Kier molecular flexibility index (Phi) is 1.34. The van der Waals surface area contributed by atoms with Crippen molar-refractivity contribution in [2.75, 3.05) is 10.7 Å². The Morgan fingerprint density at radius 3 is 3.00 bits per heavy atom. The highest BCUT2D eigenvalue weighted by Gasteiger charge is 2.61. The van der Waals surface area contributed by atoms with Crippen LogP contribution in [0.3, 0.4) is 0 Å². The Labute approximate surface area is 92.4 Å². The number of amidine groups is 1. The molecule has 2 unspecified atom stereocenters. The lowest BCUT2D eigenvalue weighted by Crippen LogP contribution is -2.16. The summed E-state index contributed by atoms with van der Waals surface area (Å²) in [5.41, 5.74) is 8.60. The van der Waals surface area contributed by atoms with Crippen LogP contribution in [0.1, 0.15) is 11.6 Å². The molecule has 0 aromatic heterocycles. The van der Waals surface area contributed by atoms with Crippen LogP contribution in [-0.4, -0.2) is 23.0 Å². The van der Waals surface area contributed by atoms with E-state index in [1.165, 1.54) is 11.3 Å². The number of rotatable bonds is 1. The van der Waals surface area contributed by atoms with E-state index in [-0.39, 0.29) is 0 Å². The molecule has 0 radical (unpaired) electrons. The molecule has 1 aromatic rings. The fraction of sp³-hybridized carbons (Fsp3) is 0.364. The van der Waals surface area contributed by atoms with Crippen LogP contribution in [0.2, 0.25) is 0 Å². The maximum Gasteiger partial charge on any atom is 0.154 e. The normalized spacial score (nSPS) is 35.3. The van der Waals surface area contributed by atoms with Crippen molar-refractivity contribution in [3.63, 3.8) is 0 Å². The summed E-state index contributed by atoms with van der Waals surface area (Å²) in [4.78, 5) is 6.95. The Hall–Kier alpha value is -1.16. The van der Waals surface area contributed by atoms with Gasteiger partial charge in [0.05, 0.1) is 18.1 Å². The Morgan fingerprint density at radius 2 is 2.27 bits per heavy atom. The van der Waals surface area contributed by atoms with E-state index in [1.54, 1.807) is 11.8 Å². The standard InChI is InChI=1S/C11H11N3S/c12-11-13-7(5-15-11)10-9-6-3-1-2-4-8(6)14(9)10/h1-4,7,9-10H,5H2,(H2,12,13)/t7?,9?,10-,14?/m1/s1. The van der Waals surface area contributed by atoms with Gasteiger partial charge in [-0.3, -0.25) is 4.99 Å². The molecule has 3 aliphatic heterocycles. The highest BCUT2D eigenvalue weighted by Crippen LogP contribution is 2.61. The van der Waals surface area contributed by atoms with Crippen molar-refractivity contribution in [1.82, 2.24) is 0 Å². The van der Waals surface area contributed by atoms with Crippen LogP contribution in [0, 0.1) is 0 Å². The highest BCUT2D eigenvalue weighted by atomic mass is 32.2. The summed E-state index contributed by atoms with van der Waals surface area (Å²) in [6, 6.07) is 10.3. The Balaban J connectivity index is 1.63. The monoisotopic (exact) mass is 217 g/mol. The van der Waals surface area contributed by atoms with Crippen molar-refractivity contribution in [2.24, 2.45) is 10.7 Å². The molecule has 3 heterocycles. The van der Waals surface area contributed by atoms with E-state index in [1.807, 2.05) is 0 Å². The molecule has 0 aliphatic carbocycles. The molecule has 76 valence electrons. The summed E-state index contributed by atoms with van der Waals surface area (Å²) in [7, 11) is 0. The SMILES string of the molecule is NC1=NC([C@@H]2C3c4ccccc4N32)CS1. The molecule has 1 saturated heterocycles. The highest BCUT2D eigenvalue weighted by molar-refractivity contribution is 8.14. The third-order valence-electron chi connectivity index (χ3n) is 3.48. The minimum absolute atomic E-state index is 0.410. The van der Waals surface area contributed by atoms with Gasteiger partial charge in [0, 0.05) is 17.0 Å². The van der Waals surface area contributed by atoms with Gasteiger partial charge in [-0.15, -0.1) is 0 Å². The van der Waals surface area contributed by atoms with Crippen LogP contribution in [0.4, 0.5) is 5.69 Å². The van der Waals surface area contributed by atoms with E-state index in [0.717, 1.165) is 10.9 Å². The number of thioether (sulfide) groups is 1. The largest absolute Gasteiger partial charge is 0.379 e. The van der Waals surface area contributed by atoms with E-state index >= 15 is 0 Å². The van der Waals surface area contributed by atoms with Gasteiger partial charge in [-0.05, 0) is 6.07 Å². The van der Waals surface area contributed by atoms with Gasteiger partial charge in [0.2, 0.25) is 0 Å². The molecule has 3 nitrogen and oxygen atoms in total. The molecule has 3 atom stereocenters. The van der Waals surface area contributed by atoms with Gasteiger partial charge in [0.1, 0.15) is 0 Å². The second kappa shape index (κ2) is 2.50. The minimum atomic E-state index is 0.410. The first-order valence-corrected chi connectivity index (χ1v) is 6.18. The van der Waals surface area contributed by atoms with Crippen molar-refractivity contribution in [1.29, 1.82) is 0 Å². The number of hydrogen-bond acceptors (Lipinski definition) is 4. The van der Waals surface area contributed by atoms with Crippen LogP contribution in [0.5, 0.6) is 0 Å². The molecule has 1 aromatic carbocycles. The van der Waals surface area contributed by atoms with Crippen molar-refractivity contribution < 1.29 is 0 Å². The van der Waals surface area contributed by atoms with Crippen LogP contribution in [0.25, 0.3) is 0 Å². The summed E-state index contributed by atoms with van der Waals surface area (Å²) < 4.78 is 0. The van der Waals surface area contributed by atoms with E-state index in [9.17, 15) is 0 Å². The lowest BCUT2D eigenvalue weighted by molar-refractivity contribution is 0.746. The molecule has 3 aliphatic rings. The predicted molar refractivity (Wildman–Crippen MR) is 63.3 cm³/mol. The molecule has 0 saturated carbocycles. The van der Waals surface area contributed by atoms with Gasteiger partial charge in [-0.25, -0.2) is 0 Å². The van der Waals surface area contributed by atoms with Crippen LogP contribution in [0.15, 0.2) is 29.3 Å². The smallest absolute Gasteiger partial charge is 0.154 e. The van der Waals surface area contributed by atoms with Crippen molar-refractivity contribution in [2.45, 2.75) is 18.1 Å². The molecule has 0 amide bonds. The summed E-state index contributed by atoms with van der Waals surface area (Å²) in [6.45, 7) is 0. The van der Waals surface area contributed by atoms with Gasteiger partial charge in [0.25, 0.3) is 0 Å². The lowest BCUT2D eigenvalue weighted by atomic mass is 10.0. The first-order valence-electron chi connectivity index (χ1n) is 5.19. The quantitative estimate of drug-likeness (QED) is 0.722. The third-order valence-corrected chi connectivity index (χ3v) is 4.39. The minimum Gasteiger partial charge on any atom is -0.379 e. The van der Waals surface area contributed by atoms with E-state index < -0.39 is 0 Å². The number of para-hydroxylation sites is 1. The topological polar surface area (TPSA) is 41.4 Å². The fourth-order valence-electron chi connectivity index (χ4n) is 2.78. The van der Waals surface area contributed by atoms with E-state index in [2.05, 4.69) is 34.2 Å². The van der Waals surface area contributed by atoms with Crippen LogP contribution in [-0.2, 0) is 0 Å². The van der Waals surface area contributed by atoms with Crippen molar-refractivity contribution in [3.05, 3.63) is 29.8 Å². The first kappa shape index (κ1) is 8.05. The second-order valence-electron chi connectivity index (χ2n) is 4.25. The first-order chi connectivity index (χ1) is 7.36. The summed E-state index contributed by atoms with van der Waals surface area (Å²) in [6.07, 6.45) is 0. The molecule has 0 bridgehead atoms. The molecule has 0 spiro atoms. The average Bonchev–Trinajstić information content (AvgIpc) is 2.71. The predicted octanol–water partition coefficient (Wildman–Crippen LogP) is 1.36. The average molecular weight is 217 g/mol. The number of hydrogen-bond donors (Lipinski definition) is 1. The zero-order valence-electron chi connectivity index (χ0n) is 8.13. The van der Waals surface area contributed by atoms with Gasteiger partial charge in [-0.2, -0.15) is 0 Å². The van der Waals surface area contributed by atoms with E-state index in [4.69, 9.17) is 5.73 Å². The Bertz CT molecular complexity index is 442. The number of fused-ring (bicyclic) bond motifs is 4. The summed E-state index contributed by atoms with van der Waals surface area (Å²) >= 11 is 1.69. The van der Waals surface area contributed by atoms with Gasteiger partial charge < -0.3 is 10.6 Å². The molecule has 15 heavy (non-hydrogen) atoms. The fourth-order valence-corrected chi connectivity index (χ4v) is 3.60. The number of aliphatic imine (C=N–C) groups is 1. The maximum absolute atomic E-state index is 5.70. The van der Waals surface area contributed by atoms with Gasteiger partial charge in [-0.1, -0.05) is 30.0 Å². The molecule has 2 N–H and O–H groups in total. The molecular formula is C11H11N3S. The summed E-state index contributed by atoms with van der Waals surface area (Å²) in [5, 5.41) is 0.761. The number of anilines is 1. The molecule has 1 fully saturated rings. The zero-order chi connectivity index (χ0) is 9.99. The summed E-state index contributed by atoms with van der Waals surface area (Å²) in [5.74, 6) is 1.05. The van der Waals surface area contributed by atoms with Gasteiger partial charge >= 0.3 is 0 Å². The van der Waals surface area contributed by atoms with E-state index in [0.29, 0.717) is 18.1 Å². The molecule has 4 heteroatoms.